The molecule has 740 valence electrons. The summed E-state index contributed by atoms with van der Waals surface area (Å²) in [6.07, 6.45) is 31.4. The normalized spacial score (nSPS) is 20.9. The number of halogens is 1. The Labute approximate surface area is 815 Å². The molecule has 135 heavy (non-hydrogen) atoms. The molecule has 3 aliphatic carbocycles. The van der Waals surface area contributed by atoms with Crippen LogP contribution in [0.4, 0.5) is 25.4 Å². The van der Waals surface area contributed by atoms with E-state index < -0.39 is 35.5 Å². The van der Waals surface area contributed by atoms with Crippen LogP contribution in [-0.2, 0) is 61.2 Å². The number of rotatable bonds is 37. The Hall–Kier alpha value is -8.72. The lowest BCUT2D eigenvalue weighted by atomic mass is 9.89. The first kappa shape index (κ1) is 105. The van der Waals surface area contributed by atoms with Crippen LogP contribution in [0.5, 0.6) is 0 Å². The predicted molar refractivity (Wildman–Crippen MR) is 542 cm³/mol. The van der Waals surface area contributed by atoms with Crippen molar-refractivity contribution in [3.05, 3.63) is 162 Å². The Morgan fingerprint density at radius 3 is 1.17 bits per heavy atom. The van der Waals surface area contributed by atoms with Gasteiger partial charge < -0.3 is 66.6 Å². The van der Waals surface area contributed by atoms with Crippen molar-refractivity contribution in [3.63, 3.8) is 0 Å². The Morgan fingerprint density at radius 2 is 0.785 bits per heavy atom. The van der Waals surface area contributed by atoms with Gasteiger partial charge in [0.05, 0.1) is 61.1 Å². The standard InChI is InChI=1S/C36H54N6O3S.C35H52N6O3S.C34H50FN5O3S/c1-39(2)21-10-9-19-33(40(3)28-15-5-4-6-16-28)35(44)41-23-20-31(30(26-41)34(43)37-25-29-17-12-24-46-29)38-36(45)42-22-11-14-27-13-7-8-18-32(27)42;1-39(2)20-9-8-17-31(37-27-14-4-3-5-15-27)34(43)40-22-19-30(29(25-40)33(42)36-24-28-16-11-23-45-28)38-35(44)41-21-10-13-26-12-6-7-18-32(26)41;1-24-15-16-27(29(35)21-24)33(42)37-30-17-19-40(23-28(30)32(41)36-22-26-13-10-20-44-26)34(43)31(14-8-9-18-38(2)3)39(4)25-11-6-5-7-12-25/h7-8,12-13,17-18,24,28,30-31,33H,4-6,9-11,14-16,19-23,25-26H2,1-3H3,(H,37,43)(H,38,45);6-7,11-12,16,18,23,27,29-31,37H,3-5,8-10,13-15,17,19-22,24-25H2,1-2H3,(H,36,42)(H,38,44);10,13,15-16,20-21,25,28,30-31H,5-9,11-12,14,17-19,22-23H2,1-4H3,(H,36,41)(H,37,42)/t30-,31+,33+;29-,30+,31+;28-,30+,31+/m000/s1. The topological polar surface area (TPSA) is 270 Å². The summed E-state index contributed by atoms with van der Waals surface area (Å²) in [4.78, 5) is 148. The molecule has 3 saturated carbocycles. The highest BCUT2D eigenvalue weighted by Gasteiger charge is 2.45. The number of urea groups is 2. The first-order valence-corrected chi connectivity index (χ1v) is 53.3. The van der Waals surface area contributed by atoms with Gasteiger partial charge in [0.2, 0.25) is 35.4 Å². The molecule has 5 aliphatic heterocycles. The SMILES string of the molecule is CN(C)CCCC[C@@H](NC1CCCCC1)C(=O)N1CC[C@@H](NC(=O)N2CCCc3ccccc32)[C@@H](C(=O)NCc2cccs2)C1.CN(C)CCCC[C@H](C(=O)N1CC[C@@H](NC(=O)N2CCCc3ccccc32)[C@@H](C(=O)NCc2cccs2)C1)N(C)C1CCCCC1.Cc1ccc(C(=O)N[C@@H]2CCN(C(=O)[C@@H](CCCCN(C)C)N(C)C3CCCCC3)C[C@@H]2C(=O)NCc2cccs2)c(F)c1. The summed E-state index contributed by atoms with van der Waals surface area (Å²) in [5.41, 5.74) is 4.92. The van der Waals surface area contributed by atoms with Crippen molar-refractivity contribution in [2.75, 3.05) is 138 Å². The number of benzene rings is 3. The van der Waals surface area contributed by atoms with Crippen LogP contribution < -0.4 is 47.0 Å². The molecular weight excluding hydrogens is 1760 g/mol. The molecule has 26 nitrogen and oxygen atoms in total. The second-order valence-corrected chi connectivity index (χ2v) is 42.9. The molecule has 8 heterocycles. The number of hydrogen-bond donors (Lipinski definition) is 7. The molecule has 0 bridgehead atoms. The zero-order valence-electron chi connectivity index (χ0n) is 82.0. The minimum Gasteiger partial charge on any atom is -0.351 e. The molecule has 0 unspecified atom stereocenters. The van der Waals surface area contributed by atoms with Gasteiger partial charge in [0.15, 0.2) is 0 Å². The highest BCUT2D eigenvalue weighted by atomic mass is 32.1. The minimum absolute atomic E-state index is 0.0428. The number of piperidine rings is 3. The third-order valence-electron chi connectivity index (χ3n) is 29.1. The van der Waals surface area contributed by atoms with Crippen LogP contribution in [0.1, 0.15) is 228 Å². The van der Waals surface area contributed by atoms with Crippen molar-refractivity contribution >= 4 is 98.8 Å². The Morgan fingerprint density at radius 1 is 0.407 bits per heavy atom. The van der Waals surface area contributed by atoms with Crippen LogP contribution in [0.3, 0.4) is 0 Å². The third-order valence-corrected chi connectivity index (χ3v) is 31.7. The van der Waals surface area contributed by atoms with Crippen molar-refractivity contribution in [2.45, 2.75) is 280 Å². The van der Waals surface area contributed by atoms with Gasteiger partial charge in [-0.05, 0) is 280 Å². The highest BCUT2D eigenvalue weighted by molar-refractivity contribution is 7.10. The molecule has 3 saturated heterocycles. The third kappa shape index (κ3) is 31.4. The van der Waals surface area contributed by atoms with E-state index in [2.05, 4.69) is 130 Å². The summed E-state index contributed by atoms with van der Waals surface area (Å²) in [6, 6.07) is 31.4. The van der Waals surface area contributed by atoms with E-state index in [1.807, 2.05) is 113 Å². The zero-order valence-corrected chi connectivity index (χ0v) is 84.5. The van der Waals surface area contributed by atoms with E-state index >= 15 is 0 Å². The minimum atomic E-state index is -0.653. The maximum Gasteiger partial charge on any atom is 0.322 e. The van der Waals surface area contributed by atoms with Gasteiger partial charge in [-0.15, -0.1) is 34.0 Å². The van der Waals surface area contributed by atoms with Crippen LogP contribution in [-0.4, -0.2) is 275 Å². The number of carbonyl (C=O) groups is 9. The van der Waals surface area contributed by atoms with E-state index in [1.54, 1.807) is 47.0 Å². The van der Waals surface area contributed by atoms with Crippen LogP contribution >= 0.6 is 34.0 Å². The van der Waals surface area contributed by atoms with Crippen LogP contribution in [0, 0.1) is 30.5 Å². The van der Waals surface area contributed by atoms with Crippen molar-refractivity contribution in [1.29, 1.82) is 0 Å². The van der Waals surface area contributed by atoms with Crippen LogP contribution in [0.25, 0.3) is 0 Å². The number of anilines is 2. The average molecular weight is 1920 g/mol. The fourth-order valence-electron chi connectivity index (χ4n) is 21.2. The fourth-order valence-corrected chi connectivity index (χ4v) is 23.1. The molecule has 8 aliphatic rings. The average Bonchev–Trinajstić information content (AvgIpc) is 1.63. The van der Waals surface area contributed by atoms with Gasteiger partial charge in [-0.2, -0.15) is 0 Å². The fraction of sp³-hybridized carbons (Fsp3) is 0.629. The molecule has 14 rings (SSSR count). The second-order valence-electron chi connectivity index (χ2n) is 39.8. The van der Waals surface area contributed by atoms with Crippen molar-refractivity contribution < 1.29 is 47.5 Å². The summed E-state index contributed by atoms with van der Waals surface area (Å²) in [6.45, 7) is 9.64. The number of likely N-dealkylation sites (N-methyl/N-ethyl adjacent to an activating group) is 2. The number of para-hydroxylation sites is 2. The molecule has 30 heteroatoms. The van der Waals surface area contributed by atoms with Gasteiger partial charge in [-0.3, -0.25) is 53.2 Å². The number of fused-ring (bicyclic) bond motifs is 2. The van der Waals surface area contributed by atoms with Crippen LogP contribution in [0.15, 0.2) is 119 Å². The molecule has 3 aromatic carbocycles. The zero-order chi connectivity index (χ0) is 95.7. The smallest absolute Gasteiger partial charge is 0.322 e. The number of aryl methyl sites for hydroxylation is 3. The molecule has 7 N–H and O–H groups in total. The summed E-state index contributed by atoms with van der Waals surface area (Å²) in [5.74, 6) is -3.00. The van der Waals surface area contributed by atoms with E-state index in [9.17, 15) is 47.5 Å². The Kier molecular flexibility index (Phi) is 42.1. The number of thiophene rings is 3. The number of hydrogen-bond acceptors (Lipinski definition) is 18. The lowest BCUT2D eigenvalue weighted by Gasteiger charge is -2.43. The van der Waals surface area contributed by atoms with E-state index in [0.29, 0.717) is 103 Å². The van der Waals surface area contributed by atoms with Gasteiger partial charge in [-0.1, -0.05) is 138 Å². The molecule has 0 spiro atoms. The van der Waals surface area contributed by atoms with E-state index in [4.69, 9.17) is 0 Å². The predicted octanol–water partition coefficient (Wildman–Crippen LogP) is 14.7. The summed E-state index contributed by atoms with van der Waals surface area (Å²) in [5, 5.41) is 28.4. The van der Waals surface area contributed by atoms with Gasteiger partial charge in [-0.25, -0.2) is 14.0 Å². The molecule has 11 amide bonds. The maximum absolute atomic E-state index is 14.6. The first-order chi connectivity index (χ1) is 65.3. The molecule has 6 fully saturated rings. The van der Waals surface area contributed by atoms with Crippen molar-refractivity contribution in [1.82, 2.24) is 76.4 Å². The first-order valence-electron chi connectivity index (χ1n) is 50.6. The maximum atomic E-state index is 14.6. The summed E-state index contributed by atoms with van der Waals surface area (Å²) < 4.78 is 14.6. The van der Waals surface area contributed by atoms with Crippen molar-refractivity contribution in [2.24, 2.45) is 17.8 Å². The number of likely N-dealkylation sites (tertiary alicyclic amines) is 3. The lowest BCUT2D eigenvalue weighted by Crippen LogP contribution is -2.61. The number of nitrogens with zero attached hydrogens (tertiary/aromatic N) is 10. The van der Waals surface area contributed by atoms with E-state index in [-0.39, 0.29) is 89.8 Å². The monoisotopic (exact) mass is 1910 g/mol. The van der Waals surface area contributed by atoms with Crippen molar-refractivity contribution in [3.8, 4) is 0 Å². The van der Waals surface area contributed by atoms with Gasteiger partial charge in [0, 0.05) is 115 Å². The number of amides is 11. The van der Waals surface area contributed by atoms with E-state index in [0.717, 1.165) is 173 Å². The van der Waals surface area contributed by atoms with Gasteiger partial charge in [0.25, 0.3) is 5.91 Å². The molecule has 0 radical (unpaired) electrons. The molecular formula is C105H156FN17O9S3. The lowest BCUT2D eigenvalue weighted by molar-refractivity contribution is -0.143. The summed E-state index contributed by atoms with van der Waals surface area (Å²) >= 11 is 4.77. The Balaban J connectivity index is 0.000000182. The highest BCUT2D eigenvalue weighted by Crippen LogP contribution is 2.35. The van der Waals surface area contributed by atoms with E-state index in [1.165, 1.54) is 81.0 Å². The number of carbonyl (C=O) groups excluding carboxylic acids is 9. The molecule has 9 atom stereocenters. The van der Waals surface area contributed by atoms with Crippen LogP contribution in [0.2, 0.25) is 0 Å². The summed E-state index contributed by atoms with van der Waals surface area (Å²) in [7, 11) is 16.7. The van der Waals surface area contributed by atoms with Gasteiger partial charge in [0.1, 0.15) is 5.82 Å². The molecule has 3 aromatic heterocycles. The van der Waals surface area contributed by atoms with Gasteiger partial charge >= 0.3 is 12.1 Å². The quantitative estimate of drug-likeness (QED) is 0.0179. The second kappa shape index (κ2) is 54.0. The Bertz CT molecular complexity index is 4680. The largest absolute Gasteiger partial charge is 0.351 e. The molecule has 6 aromatic rings. The number of nitrogens with one attached hydrogen (secondary N) is 7. The number of unbranched alkanes of at least 4 members (excludes halogenated alkanes) is 3.